The fourth-order valence-corrected chi connectivity index (χ4v) is 3.19. The molecule has 0 aliphatic heterocycles. The molecule has 0 bridgehead atoms. The van der Waals surface area contributed by atoms with Crippen LogP contribution in [0.25, 0.3) is 0 Å². The van der Waals surface area contributed by atoms with Crippen molar-refractivity contribution < 1.29 is 14.7 Å². The summed E-state index contributed by atoms with van der Waals surface area (Å²) in [5, 5.41) is 12.0. The zero-order valence-corrected chi connectivity index (χ0v) is 12.5. The van der Waals surface area contributed by atoms with Crippen molar-refractivity contribution in [3.63, 3.8) is 0 Å². The standard InChI is InChI=1S/C15H23N3O3/c1-18-8-7-16-12(18)11-17-13(19)9-15(10-14(20)21)5-3-2-4-6-15/h7-8H,2-6,9-11H2,1H3,(H,17,19)(H,20,21). The minimum Gasteiger partial charge on any atom is -0.481 e. The van der Waals surface area contributed by atoms with E-state index in [4.69, 9.17) is 5.11 Å². The van der Waals surface area contributed by atoms with E-state index in [1.165, 1.54) is 0 Å². The molecule has 1 aromatic rings. The summed E-state index contributed by atoms with van der Waals surface area (Å²) in [6.07, 6.45) is 8.72. The van der Waals surface area contributed by atoms with Gasteiger partial charge in [0.1, 0.15) is 5.82 Å². The number of amides is 1. The number of hydrogen-bond acceptors (Lipinski definition) is 3. The molecule has 0 spiro atoms. The van der Waals surface area contributed by atoms with Crippen LogP contribution < -0.4 is 5.32 Å². The molecule has 1 heterocycles. The second-order valence-electron chi connectivity index (χ2n) is 6.04. The minimum absolute atomic E-state index is 0.0823. The van der Waals surface area contributed by atoms with Crippen LogP contribution in [0.4, 0.5) is 0 Å². The first-order valence-corrected chi connectivity index (χ1v) is 7.45. The highest BCUT2D eigenvalue weighted by atomic mass is 16.4. The van der Waals surface area contributed by atoms with Crippen LogP contribution in [0.15, 0.2) is 12.4 Å². The molecule has 116 valence electrons. The van der Waals surface area contributed by atoms with Crippen LogP contribution in [0.5, 0.6) is 0 Å². The predicted molar refractivity (Wildman–Crippen MR) is 77.4 cm³/mol. The van der Waals surface area contributed by atoms with Gasteiger partial charge in [0.15, 0.2) is 0 Å². The highest BCUT2D eigenvalue weighted by Crippen LogP contribution is 2.42. The first-order chi connectivity index (χ1) is 10.0. The minimum atomic E-state index is -0.811. The quantitative estimate of drug-likeness (QED) is 0.838. The van der Waals surface area contributed by atoms with E-state index in [9.17, 15) is 9.59 Å². The summed E-state index contributed by atoms with van der Waals surface area (Å²) < 4.78 is 1.86. The van der Waals surface area contributed by atoms with Crippen LogP contribution in [0, 0.1) is 5.41 Å². The first kappa shape index (κ1) is 15.5. The van der Waals surface area contributed by atoms with Crippen molar-refractivity contribution in [3.05, 3.63) is 18.2 Å². The molecule has 1 saturated carbocycles. The molecule has 1 aliphatic carbocycles. The van der Waals surface area contributed by atoms with Crippen LogP contribution in [0.3, 0.4) is 0 Å². The van der Waals surface area contributed by atoms with Crippen LogP contribution in [-0.4, -0.2) is 26.5 Å². The molecule has 6 nitrogen and oxygen atoms in total. The number of hydrogen-bond donors (Lipinski definition) is 2. The third kappa shape index (κ3) is 4.31. The lowest BCUT2D eigenvalue weighted by Crippen LogP contribution is -2.35. The molecule has 0 radical (unpaired) electrons. The topological polar surface area (TPSA) is 84.2 Å². The van der Waals surface area contributed by atoms with Gasteiger partial charge in [0, 0.05) is 25.9 Å². The van der Waals surface area contributed by atoms with Gasteiger partial charge in [-0.3, -0.25) is 9.59 Å². The van der Waals surface area contributed by atoms with E-state index in [0.29, 0.717) is 13.0 Å². The van der Waals surface area contributed by atoms with Gasteiger partial charge in [0.2, 0.25) is 5.91 Å². The Morgan fingerprint density at radius 3 is 2.62 bits per heavy atom. The Labute approximate surface area is 124 Å². The summed E-state index contributed by atoms with van der Waals surface area (Å²) >= 11 is 0. The summed E-state index contributed by atoms with van der Waals surface area (Å²) in [6, 6.07) is 0. The fraction of sp³-hybridized carbons (Fsp3) is 0.667. The van der Waals surface area contributed by atoms with E-state index in [1.54, 1.807) is 6.20 Å². The van der Waals surface area contributed by atoms with Gasteiger partial charge in [-0.15, -0.1) is 0 Å². The fourth-order valence-electron chi connectivity index (χ4n) is 3.19. The monoisotopic (exact) mass is 293 g/mol. The summed E-state index contributed by atoms with van der Waals surface area (Å²) in [5.41, 5.74) is -0.365. The highest BCUT2D eigenvalue weighted by Gasteiger charge is 2.36. The van der Waals surface area contributed by atoms with Crippen LogP contribution in [0.2, 0.25) is 0 Å². The Morgan fingerprint density at radius 1 is 1.33 bits per heavy atom. The van der Waals surface area contributed by atoms with Crippen molar-refractivity contribution in [2.45, 2.75) is 51.5 Å². The number of aliphatic carboxylic acids is 1. The summed E-state index contributed by atoms with van der Waals surface area (Å²) in [6.45, 7) is 0.380. The van der Waals surface area contributed by atoms with Crippen LogP contribution >= 0.6 is 0 Å². The van der Waals surface area contributed by atoms with Crippen molar-refractivity contribution in [3.8, 4) is 0 Å². The number of aryl methyl sites for hydroxylation is 1. The maximum atomic E-state index is 12.2. The normalized spacial score (nSPS) is 17.4. The molecule has 2 N–H and O–H groups in total. The second kappa shape index (κ2) is 6.74. The van der Waals surface area contributed by atoms with E-state index >= 15 is 0 Å². The SMILES string of the molecule is Cn1ccnc1CNC(=O)CC1(CC(=O)O)CCCCC1. The second-order valence-corrected chi connectivity index (χ2v) is 6.04. The van der Waals surface area contributed by atoms with Crippen LogP contribution in [-0.2, 0) is 23.2 Å². The summed E-state index contributed by atoms with van der Waals surface area (Å²) in [5.74, 6) is -0.103. The molecule has 1 amide bonds. The average Bonchev–Trinajstić information content (AvgIpc) is 2.82. The number of carbonyl (C=O) groups is 2. The molecular formula is C15H23N3O3. The predicted octanol–water partition coefficient (Wildman–Crippen LogP) is 1.85. The zero-order valence-electron chi connectivity index (χ0n) is 12.5. The van der Waals surface area contributed by atoms with Crippen molar-refractivity contribution in [2.24, 2.45) is 12.5 Å². The number of nitrogens with zero attached hydrogens (tertiary/aromatic N) is 2. The lowest BCUT2D eigenvalue weighted by Gasteiger charge is -2.35. The van der Waals surface area contributed by atoms with Gasteiger partial charge in [0.05, 0.1) is 13.0 Å². The lowest BCUT2D eigenvalue weighted by molar-refractivity contribution is -0.141. The number of imidazole rings is 1. The Morgan fingerprint density at radius 2 is 2.05 bits per heavy atom. The highest BCUT2D eigenvalue weighted by molar-refractivity contribution is 5.78. The molecule has 0 unspecified atom stereocenters. The van der Waals surface area contributed by atoms with Gasteiger partial charge in [-0.2, -0.15) is 0 Å². The van der Waals surface area contributed by atoms with E-state index in [0.717, 1.165) is 37.9 Å². The largest absolute Gasteiger partial charge is 0.481 e. The van der Waals surface area contributed by atoms with E-state index in [2.05, 4.69) is 10.3 Å². The first-order valence-electron chi connectivity index (χ1n) is 7.45. The van der Waals surface area contributed by atoms with E-state index in [-0.39, 0.29) is 17.7 Å². The van der Waals surface area contributed by atoms with Crippen molar-refractivity contribution in [1.29, 1.82) is 0 Å². The Kier molecular flexibility index (Phi) is 4.98. The smallest absolute Gasteiger partial charge is 0.303 e. The number of carboxylic acid groups (broad SMARTS) is 1. The molecule has 6 heteroatoms. The molecular weight excluding hydrogens is 270 g/mol. The lowest BCUT2D eigenvalue weighted by atomic mass is 9.69. The van der Waals surface area contributed by atoms with Gasteiger partial charge < -0.3 is 15.0 Å². The van der Waals surface area contributed by atoms with Gasteiger partial charge in [-0.25, -0.2) is 4.98 Å². The number of carbonyl (C=O) groups excluding carboxylic acids is 1. The Hall–Kier alpha value is -1.85. The average molecular weight is 293 g/mol. The number of carboxylic acids is 1. The van der Waals surface area contributed by atoms with E-state index in [1.807, 2.05) is 17.8 Å². The summed E-state index contributed by atoms with van der Waals surface area (Å²) in [7, 11) is 1.88. The van der Waals surface area contributed by atoms with Crippen molar-refractivity contribution in [1.82, 2.24) is 14.9 Å². The number of rotatable bonds is 6. The third-order valence-electron chi connectivity index (χ3n) is 4.34. The van der Waals surface area contributed by atoms with E-state index < -0.39 is 5.97 Å². The van der Waals surface area contributed by atoms with Crippen molar-refractivity contribution >= 4 is 11.9 Å². The van der Waals surface area contributed by atoms with Gasteiger partial charge >= 0.3 is 5.97 Å². The van der Waals surface area contributed by atoms with Crippen molar-refractivity contribution in [2.75, 3.05) is 0 Å². The zero-order chi connectivity index (χ0) is 15.3. The molecule has 0 aromatic carbocycles. The van der Waals surface area contributed by atoms with Gasteiger partial charge in [-0.1, -0.05) is 19.3 Å². The molecule has 1 fully saturated rings. The molecule has 0 atom stereocenters. The van der Waals surface area contributed by atoms with Crippen LogP contribution in [0.1, 0.15) is 50.8 Å². The van der Waals surface area contributed by atoms with Gasteiger partial charge in [0.25, 0.3) is 0 Å². The van der Waals surface area contributed by atoms with Gasteiger partial charge in [-0.05, 0) is 18.3 Å². The Bertz CT molecular complexity index is 504. The molecule has 1 aromatic heterocycles. The molecule has 0 saturated heterocycles. The maximum absolute atomic E-state index is 12.2. The Balaban J connectivity index is 1.91. The number of aromatic nitrogens is 2. The number of nitrogens with one attached hydrogen (secondary N) is 1. The third-order valence-corrected chi connectivity index (χ3v) is 4.34. The molecule has 2 rings (SSSR count). The maximum Gasteiger partial charge on any atom is 0.303 e. The summed E-state index contributed by atoms with van der Waals surface area (Å²) in [4.78, 5) is 27.4. The molecule has 21 heavy (non-hydrogen) atoms. The molecule has 1 aliphatic rings.